The normalized spacial score (nSPS) is 18.6. The van der Waals surface area contributed by atoms with E-state index in [-0.39, 0.29) is 42.2 Å². The first-order valence-corrected chi connectivity index (χ1v) is 14.3. The number of pyridine rings is 1. The number of amides is 2. The fraction of sp³-hybridized carbons (Fsp3) is 0.700. The van der Waals surface area contributed by atoms with Crippen LogP contribution in [-0.4, -0.2) is 65.3 Å². The summed E-state index contributed by atoms with van der Waals surface area (Å²) in [6.45, 7) is 16.9. The third-order valence-electron chi connectivity index (χ3n) is 7.74. The van der Waals surface area contributed by atoms with Gasteiger partial charge in [0.25, 0.3) is 5.91 Å². The first kappa shape index (κ1) is 30.6. The molecule has 0 saturated carbocycles. The number of hydrogen-bond donors (Lipinski definition) is 1. The molecule has 1 fully saturated rings. The molecule has 1 aromatic rings. The van der Waals surface area contributed by atoms with Gasteiger partial charge in [-0.05, 0) is 37.7 Å². The van der Waals surface area contributed by atoms with Gasteiger partial charge in [-0.15, -0.1) is 0 Å². The quantitative estimate of drug-likeness (QED) is 0.354. The Kier molecular flexibility index (Phi) is 10.1. The van der Waals surface area contributed by atoms with Crippen LogP contribution in [0.3, 0.4) is 0 Å². The summed E-state index contributed by atoms with van der Waals surface area (Å²) in [5.41, 5.74) is 3.26. The summed E-state index contributed by atoms with van der Waals surface area (Å²) < 4.78 is 6.08. The van der Waals surface area contributed by atoms with Crippen molar-refractivity contribution in [3.8, 4) is 6.07 Å². The highest BCUT2D eigenvalue weighted by atomic mass is 16.5. The predicted octanol–water partition coefficient (Wildman–Crippen LogP) is 3.87. The standard InChI is InChI=1S/C30H45N5O4/c1-8-9-12-32-29(38)25(36)10-11-26(37)35-14-13-34(17-24(35)19(2)3)28-22(16-31)21-15-30(6,7)39-18-23(21)27(33-28)20(4)5/h19-20,24H,8-15,17-18H2,1-7H3,(H,32,38). The maximum atomic E-state index is 13.2. The Morgan fingerprint density at radius 3 is 2.49 bits per heavy atom. The van der Waals surface area contributed by atoms with Gasteiger partial charge in [0.05, 0.1) is 29.5 Å². The number of rotatable bonds is 10. The largest absolute Gasteiger partial charge is 0.370 e. The smallest absolute Gasteiger partial charge is 0.287 e. The number of piperazine rings is 1. The number of ketones is 1. The summed E-state index contributed by atoms with van der Waals surface area (Å²) in [4.78, 5) is 46.5. The van der Waals surface area contributed by atoms with Gasteiger partial charge in [-0.1, -0.05) is 41.0 Å². The van der Waals surface area contributed by atoms with Crippen LogP contribution in [0.2, 0.25) is 0 Å². The summed E-state index contributed by atoms with van der Waals surface area (Å²) >= 11 is 0. The van der Waals surface area contributed by atoms with Crippen molar-refractivity contribution in [2.45, 2.75) is 105 Å². The minimum absolute atomic E-state index is 0.0103. The van der Waals surface area contributed by atoms with Gasteiger partial charge >= 0.3 is 0 Å². The van der Waals surface area contributed by atoms with Crippen molar-refractivity contribution in [1.82, 2.24) is 15.2 Å². The topological polar surface area (TPSA) is 116 Å². The van der Waals surface area contributed by atoms with Crippen LogP contribution in [0.4, 0.5) is 5.82 Å². The van der Waals surface area contributed by atoms with E-state index in [0.717, 1.165) is 29.7 Å². The van der Waals surface area contributed by atoms with Gasteiger partial charge in [-0.25, -0.2) is 4.98 Å². The molecule has 0 radical (unpaired) electrons. The highest BCUT2D eigenvalue weighted by Gasteiger charge is 2.37. The molecule has 2 amide bonds. The average molecular weight is 540 g/mol. The number of carbonyl (C=O) groups is 3. The summed E-state index contributed by atoms with van der Waals surface area (Å²) in [6, 6.07) is 2.34. The summed E-state index contributed by atoms with van der Waals surface area (Å²) in [6.07, 6.45) is 2.30. The Morgan fingerprint density at radius 1 is 1.15 bits per heavy atom. The van der Waals surface area contributed by atoms with Crippen molar-refractivity contribution in [3.05, 3.63) is 22.4 Å². The van der Waals surface area contributed by atoms with Crippen LogP contribution >= 0.6 is 0 Å². The number of ether oxygens (including phenoxy) is 1. The minimum atomic E-state index is -0.612. The summed E-state index contributed by atoms with van der Waals surface area (Å²) in [5.74, 6) is -0.263. The molecule has 214 valence electrons. The number of Topliss-reactive ketones (excluding diaryl/α,β-unsaturated/α-hetero) is 1. The van der Waals surface area contributed by atoms with E-state index in [1.807, 2.05) is 25.7 Å². The first-order chi connectivity index (χ1) is 18.4. The number of unbranched alkanes of at least 4 members (excludes halogenated alkanes) is 1. The number of nitrogens with one attached hydrogen (secondary N) is 1. The van der Waals surface area contributed by atoms with Gasteiger partial charge < -0.3 is 19.9 Å². The third-order valence-corrected chi connectivity index (χ3v) is 7.74. The van der Waals surface area contributed by atoms with Gasteiger partial charge in [0, 0.05) is 51.0 Å². The zero-order valence-corrected chi connectivity index (χ0v) is 24.7. The molecule has 3 heterocycles. The van der Waals surface area contributed by atoms with Gasteiger partial charge in [-0.3, -0.25) is 14.4 Å². The van der Waals surface area contributed by atoms with Crippen LogP contribution in [0.1, 0.15) is 102 Å². The molecule has 9 nitrogen and oxygen atoms in total. The second-order valence-electron chi connectivity index (χ2n) is 12.0. The molecule has 0 aliphatic carbocycles. The van der Waals surface area contributed by atoms with Gasteiger partial charge in [0.1, 0.15) is 11.9 Å². The van der Waals surface area contributed by atoms with E-state index >= 15 is 0 Å². The Hall–Kier alpha value is -2.99. The lowest BCUT2D eigenvalue weighted by atomic mass is 9.86. The number of carbonyl (C=O) groups excluding carboxylic acids is 3. The SMILES string of the molecule is CCCCNC(=O)C(=O)CCC(=O)N1CCN(c2nc(C(C)C)c3c(c2C#N)CC(C)(C)OC3)CC1C(C)C. The second kappa shape index (κ2) is 12.9. The molecule has 3 rings (SSSR count). The number of fused-ring (bicyclic) bond motifs is 1. The van der Waals surface area contributed by atoms with Gasteiger partial charge in [0.15, 0.2) is 0 Å². The number of nitriles is 1. The van der Waals surface area contributed by atoms with Crippen LogP contribution in [0, 0.1) is 17.2 Å². The lowest BCUT2D eigenvalue weighted by Gasteiger charge is -2.44. The molecule has 2 aliphatic heterocycles. The van der Waals surface area contributed by atoms with Crippen molar-refractivity contribution < 1.29 is 19.1 Å². The van der Waals surface area contributed by atoms with E-state index in [2.05, 4.69) is 44.0 Å². The molecule has 1 aromatic heterocycles. The molecule has 0 bridgehead atoms. The Labute approximate surface area is 233 Å². The monoisotopic (exact) mass is 539 g/mol. The number of aromatic nitrogens is 1. The van der Waals surface area contributed by atoms with Crippen LogP contribution in [0.5, 0.6) is 0 Å². The Bertz CT molecular complexity index is 1120. The van der Waals surface area contributed by atoms with Crippen molar-refractivity contribution >= 4 is 23.4 Å². The van der Waals surface area contributed by atoms with Crippen LogP contribution in [0.25, 0.3) is 0 Å². The molecule has 2 aliphatic rings. The minimum Gasteiger partial charge on any atom is -0.370 e. The van der Waals surface area contributed by atoms with Crippen LogP contribution in [-0.2, 0) is 32.1 Å². The molecule has 1 saturated heterocycles. The first-order valence-electron chi connectivity index (χ1n) is 14.3. The fourth-order valence-electron chi connectivity index (χ4n) is 5.44. The van der Waals surface area contributed by atoms with E-state index in [4.69, 9.17) is 9.72 Å². The molecule has 1 unspecified atom stereocenters. The van der Waals surface area contributed by atoms with Gasteiger partial charge in [-0.2, -0.15) is 5.26 Å². The van der Waals surface area contributed by atoms with Crippen molar-refractivity contribution in [2.24, 2.45) is 5.92 Å². The van der Waals surface area contributed by atoms with E-state index in [9.17, 15) is 19.6 Å². The van der Waals surface area contributed by atoms with E-state index in [1.54, 1.807) is 0 Å². The summed E-state index contributed by atoms with van der Waals surface area (Å²) in [5, 5.41) is 12.9. The lowest BCUT2D eigenvalue weighted by molar-refractivity contribution is -0.140. The molecule has 0 aromatic carbocycles. The maximum Gasteiger partial charge on any atom is 0.287 e. The molecule has 0 spiro atoms. The Morgan fingerprint density at radius 2 is 1.87 bits per heavy atom. The number of nitrogens with zero attached hydrogens (tertiary/aromatic N) is 4. The third kappa shape index (κ3) is 7.16. The second-order valence-corrected chi connectivity index (χ2v) is 12.0. The number of hydrogen-bond acceptors (Lipinski definition) is 7. The Balaban J connectivity index is 1.80. The molecular formula is C30H45N5O4. The van der Waals surface area contributed by atoms with E-state index < -0.39 is 11.7 Å². The highest BCUT2D eigenvalue weighted by molar-refractivity contribution is 6.36. The number of anilines is 1. The van der Waals surface area contributed by atoms with Crippen LogP contribution in [0.15, 0.2) is 0 Å². The molecule has 39 heavy (non-hydrogen) atoms. The van der Waals surface area contributed by atoms with E-state index in [1.165, 1.54) is 0 Å². The maximum absolute atomic E-state index is 13.2. The predicted molar refractivity (Wildman–Crippen MR) is 150 cm³/mol. The fourth-order valence-corrected chi connectivity index (χ4v) is 5.44. The van der Waals surface area contributed by atoms with Crippen molar-refractivity contribution in [2.75, 3.05) is 31.1 Å². The molecule has 1 atom stereocenters. The average Bonchev–Trinajstić information content (AvgIpc) is 2.89. The van der Waals surface area contributed by atoms with E-state index in [0.29, 0.717) is 50.6 Å². The molecule has 1 N–H and O–H groups in total. The van der Waals surface area contributed by atoms with Gasteiger partial charge in [0.2, 0.25) is 11.7 Å². The zero-order chi connectivity index (χ0) is 28.9. The summed E-state index contributed by atoms with van der Waals surface area (Å²) in [7, 11) is 0. The molecular weight excluding hydrogens is 494 g/mol. The molecule has 9 heteroatoms. The zero-order valence-electron chi connectivity index (χ0n) is 24.7. The van der Waals surface area contributed by atoms with Crippen LogP contribution < -0.4 is 10.2 Å². The van der Waals surface area contributed by atoms with Crippen molar-refractivity contribution in [3.63, 3.8) is 0 Å². The van der Waals surface area contributed by atoms with Crippen molar-refractivity contribution in [1.29, 1.82) is 5.26 Å². The lowest BCUT2D eigenvalue weighted by Crippen LogP contribution is -2.57. The highest BCUT2D eigenvalue weighted by Crippen LogP contribution is 2.38.